The van der Waals surface area contributed by atoms with Crippen LogP contribution in [0.5, 0.6) is 0 Å². The van der Waals surface area contributed by atoms with Gasteiger partial charge >= 0.3 is 7.12 Å². The first-order valence-corrected chi connectivity index (χ1v) is 6.67. The third kappa shape index (κ3) is 3.85. The lowest BCUT2D eigenvalue weighted by Gasteiger charge is -2.32. The average Bonchev–Trinajstić information content (AvgIpc) is 2.31. The monoisotopic (exact) mass is 238 g/mol. The summed E-state index contributed by atoms with van der Waals surface area (Å²) in [5.41, 5.74) is 0.899. The molecule has 1 fully saturated rings. The van der Waals surface area contributed by atoms with Gasteiger partial charge in [-0.1, -0.05) is 25.4 Å². The summed E-state index contributed by atoms with van der Waals surface area (Å²) in [6, 6.07) is 0. The van der Waals surface area contributed by atoms with E-state index in [2.05, 4.69) is 54.4 Å². The molecule has 17 heavy (non-hydrogen) atoms. The van der Waals surface area contributed by atoms with E-state index < -0.39 is 0 Å². The minimum atomic E-state index is -0.230. The summed E-state index contributed by atoms with van der Waals surface area (Å²) in [5.74, 6) is 2.87. The van der Waals surface area contributed by atoms with Crippen LogP contribution in [0.4, 0.5) is 0 Å². The fourth-order valence-electron chi connectivity index (χ4n) is 1.79. The molecule has 0 aromatic rings. The predicted octanol–water partition coefficient (Wildman–Crippen LogP) is 4.00. The normalized spacial score (nSPS) is 23.5. The molecule has 0 aromatic heterocycles. The van der Waals surface area contributed by atoms with E-state index in [4.69, 9.17) is 9.31 Å². The third-order valence-electron chi connectivity index (χ3n) is 3.81. The van der Waals surface area contributed by atoms with E-state index in [0.717, 1.165) is 12.3 Å². The minimum absolute atomic E-state index is 0.188. The van der Waals surface area contributed by atoms with Crippen molar-refractivity contribution < 1.29 is 9.31 Å². The molecule has 1 aliphatic heterocycles. The molecule has 2 nitrogen and oxygen atoms in total. The molecule has 0 aromatic carbocycles. The lowest BCUT2D eigenvalue weighted by atomic mass is 9.86. The first-order valence-electron chi connectivity index (χ1n) is 6.67. The maximum atomic E-state index is 5.94. The van der Waals surface area contributed by atoms with Crippen LogP contribution in [0.1, 0.15) is 61.3 Å². The van der Waals surface area contributed by atoms with Gasteiger partial charge < -0.3 is 9.31 Å². The summed E-state index contributed by atoms with van der Waals surface area (Å²) in [6.07, 6.45) is 2.35. The van der Waals surface area contributed by atoms with Crippen LogP contribution in [0.25, 0.3) is 0 Å². The summed E-state index contributed by atoms with van der Waals surface area (Å²) in [5, 5.41) is 0. The van der Waals surface area contributed by atoms with Crippen molar-refractivity contribution in [3.63, 3.8) is 0 Å². The molecule has 0 saturated carbocycles. The van der Waals surface area contributed by atoms with Crippen molar-refractivity contribution in [2.45, 2.75) is 72.5 Å². The Kier molecular flexibility index (Phi) is 4.48. The van der Waals surface area contributed by atoms with Crippen LogP contribution in [-0.2, 0) is 9.31 Å². The standard InChI is InChI=1S/C14H27BO2/c1-11(2)8-9-12(3)10-15-16-13(4,5)14(6,7)17-15/h10-11H,8-9H2,1-7H3/b12-10+. The molecule has 98 valence electrons. The fraction of sp³-hybridized carbons (Fsp3) is 0.857. The maximum Gasteiger partial charge on any atom is 0.487 e. The van der Waals surface area contributed by atoms with Crippen LogP contribution in [0.15, 0.2) is 11.5 Å². The zero-order valence-corrected chi connectivity index (χ0v) is 12.5. The highest BCUT2D eigenvalue weighted by molar-refractivity contribution is 6.51. The first kappa shape index (κ1) is 14.8. The SMILES string of the molecule is C/C(=C\B1OC(C)(C)C(C)(C)O1)CCC(C)C. The Labute approximate surface area is 107 Å². The lowest BCUT2D eigenvalue weighted by molar-refractivity contribution is 0.00578. The molecule has 0 atom stereocenters. The van der Waals surface area contributed by atoms with Crippen molar-refractivity contribution in [2.75, 3.05) is 0 Å². The zero-order valence-electron chi connectivity index (χ0n) is 12.5. The lowest BCUT2D eigenvalue weighted by Crippen LogP contribution is -2.41. The smallest absolute Gasteiger partial charge is 0.400 e. The summed E-state index contributed by atoms with van der Waals surface area (Å²) in [6.45, 7) is 15.0. The van der Waals surface area contributed by atoms with Crippen LogP contribution in [0.3, 0.4) is 0 Å². The summed E-state index contributed by atoms with van der Waals surface area (Å²) in [4.78, 5) is 0. The van der Waals surface area contributed by atoms with Crippen LogP contribution in [0.2, 0.25) is 0 Å². The van der Waals surface area contributed by atoms with E-state index in [0.29, 0.717) is 0 Å². The molecule has 1 aliphatic rings. The Morgan fingerprint density at radius 3 is 2.00 bits per heavy atom. The van der Waals surface area contributed by atoms with Crippen LogP contribution < -0.4 is 0 Å². The second-order valence-electron chi connectivity index (χ2n) is 6.57. The van der Waals surface area contributed by atoms with Crippen molar-refractivity contribution in [3.05, 3.63) is 11.5 Å². The molecule has 0 amide bonds. The molecule has 0 radical (unpaired) electrons. The van der Waals surface area contributed by atoms with Crippen molar-refractivity contribution in [2.24, 2.45) is 5.92 Å². The van der Waals surface area contributed by atoms with E-state index in [-0.39, 0.29) is 18.3 Å². The molecule has 0 unspecified atom stereocenters. The zero-order chi connectivity index (χ0) is 13.3. The first-order chi connectivity index (χ1) is 7.64. The van der Waals surface area contributed by atoms with E-state index in [1.165, 1.54) is 12.0 Å². The van der Waals surface area contributed by atoms with Gasteiger partial charge in [0, 0.05) is 0 Å². The Hall–Kier alpha value is -0.275. The van der Waals surface area contributed by atoms with Gasteiger partial charge in [0.1, 0.15) is 0 Å². The van der Waals surface area contributed by atoms with Crippen LogP contribution in [-0.4, -0.2) is 18.3 Å². The van der Waals surface area contributed by atoms with Crippen molar-refractivity contribution in [1.29, 1.82) is 0 Å². The Morgan fingerprint density at radius 1 is 1.12 bits per heavy atom. The van der Waals surface area contributed by atoms with Gasteiger partial charge in [-0.15, -0.1) is 0 Å². The molecule has 0 aliphatic carbocycles. The molecule has 1 saturated heterocycles. The van der Waals surface area contributed by atoms with Crippen molar-refractivity contribution >= 4 is 7.12 Å². The van der Waals surface area contributed by atoms with Gasteiger partial charge in [-0.25, -0.2) is 0 Å². The maximum absolute atomic E-state index is 5.94. The number of hydrogen-bond donors (Lipinski definition) is 0. The van der Waals surface area contributed by atoms with Gasteiger partial charge in [0.15, 0.2) is 0 Å². The number of hydrogen-bond acceptors (Lipinski definition) is 2. The highest BCUT2D eigenvalue weighted by Gasteiger charge is 2.50. The topological polar surface area (TPSA) is 18.5 Å². The van der Waals surface area contributed by atoms with Gasteiger partial charge in [0.25, 0.3) is 0 Å². The van der Waals surface area contributed by atoms with Gasteiger partial charge in [-0.3, -0.25) is 0 Å². The molecular weight excluding hydrogens is 211 g/mol. The van der Waals surface area contributed by atoms with Crippen molar-refractivity contribution in [1.82, 2.24) is 0 Å². The third-order valence-corrected chi connectivity index (χ3v) is 3.81. The van der Waals surface area contributed by atoms with Crippen LogP contribution >= 0.6 is 0 Å². The second-order valence-corrected chi connectivity index (χ2v) is 6.57. The van der Waals surface area contributed by atoms with E-state index >= 15 is 0 Å². The van der Waals surface area contributed by atoms with Crippen molar-refractivity contribution in [3.8, 4) is 0 Å². The van der Waals surface area contributed by atoms with Gasteiger partial charge in [0.05, 0.1) is 11.2 Å². The molecule has 3 heteroatoms. The molecule has 1 rings (SSSR count). The Balaban J connectivity index is 2.57. The summed E-state index contributed by atoms with van der Waals surface area (Å²) >= 11 is 0. The molecule has 0 spiro atoms. The quantitative estimate of drug-likeness (QED) is 0.689. The highest BCUT2D eigenvalue weighted by atomic mass is 16.7. The van der Waals surface area contributed by atoms with E-state index in [1.54, 1.807) is 0 Å². The largest absolute Gasteiger partial charge is 0.487 e. The average molecular weight is 238 g/mol. The molecule has 1 heterocycles. The van der Waals surface area contributed by atoms with Gasteiger partial charge in [0.2, 0.25) is 0 Å². The van der Waals surface area contributed by atoms with E-state index in [1.807, 2.05) is 0 Å². The number of allylic oxidation sites excluding steroid dienone is 1. The summed E-state index contributed by atoms with van der Waals surface area (Å²) < 4.78 is 11.9. The minimum Gasteiger partial charge on any atom is -0.400 e. The number of rotatable bonds is 4. The fourth-order valence-corrected chi connectivity index (χ4v) is 1.79. The van der Waals surface area contributed by atoms with Gasteiger partial charge in [-0.05, 0) is 53.4 Å². The second kappa shape index (κ2) is 5.15. The van der Waals surface area contributed by atoms with Crippen LogP contribution in [0, 0.1) is 5.92 Å². The Morgan fingerprint density at radius 2 is 1.59 bits per heavy atom. The van der Waals surface area contributed by atoms with E-state index in [9.17, 15) is 0 Å². The van der Waals surface area contributed by atoms with Gasteiger partial charge in [-0.2, -0.15) is 0 Å². The highest BCUT2D eigenvalue weighted by Crippen LogP contribution is 2.37. The predicted molar refractivity (Wildman–Crippen MR) is 73.9 cm³/mol. The summed E-state index contributed by atoms with van der Waals surface area (Å²) in [7, 11) is -0.188. The molecule has 0 bridgehead atoms. The molecular formula is C14H27BO2. The Bertz CT molecular complexity index is 277. The molecule has 0 N–H and O–H groups in total.